The van der Waals surface area contributed by atoms with E-state index in [0.717, 1.165) is 19.3 Å². The molecule has 2 amide bonds. The van der Waals surface area contributed by atoms with Gasteiger partial charge in [-0.1, -0.05) is 78.6 Å². The minimum atomic E-state index is -0.369. The van der Waals surface area contributed by atoms with Crippen LogP contribution in [0.25, 0.3) is 0 Å². The molecule has 1 aliphatic rings. The molecule has 2 atom stereocenters. The summed E-state index contributed by atoms with van der Waals surface area (Å²) in [5.41, 5.74) is 0. The van der Waals surface area contributed by atoms with Gasteiger partial charge < -0.3 is 10.6 Å². The van der Waals surface area contributed by atoms with Crippen LogP contribution in [0.3, 0.4) is 0 Å². The summed E-state index contributed by atoms with van der Waals surface area (Å²) in [6.45, 7) is 6.14. The molecule has 1 heterocycles. The molecule has 0 unspecified atom stereocenters. The SMILES string of the molecule is CCCCCCCCCCC[C@H]1NC(=O)[C@H](C(C)C)NC1=O. The van der Waals surface area contributed by atoms with Gasteiger partial charge in [-0.3, -0.25) is 9.59 Å². The normalized spacial score (nSPS) is 21.8. The van der Waals surface area contributed by atoms with Crippen molar-refractivity contribution in [2.24, 2.45) is 5.92 Å². The van der Waals surface area contributed by atoms with Crippen LogP contribution in [-0.2, 0) is 9.59 Å². The lowest BCUT2D eigenvalue weighted by molar-refractivity contribution is -0.138. The molecule has 1 saturated heterocycles. The maximum absolute atomic E-state index is 12.0. The van der Waals surface area contributed by atoms with Gasteiger partial charge in [-0.2, -0.15) is 0 Å². The minimum absolute atomic E-state index is 0.0159. The first-order chi connectivity index (χ1) is 10.6. The summed E-state index contributed by atoms with van der Waals surface area (Å²) in [5.74, 6) is 0.0889. The van der Waals surface area contributed by atoms with Crippen molar-refractivity contribution in [3.8, 4) is 0 Å². The lowest BCUT2D eigenvalue weighted by Gasteiger charge is -2.31. The quantitative estimate of drug-likeness (QED) is 0.573. The van der Waals surface area contributed by atoms with Gasteiger partial charge in [0.25, 0.3) is 0 Å². The smallest absolute Gasteiger partial charge is 0.243 e. The third-order valence-corrected chi connectivity index (χ3v) is 4.48. The zero-order valence-electron chi connectivity index (χ0n) is 14.6. The number of carbonyl (C=O) groups is 2. The summed E-state index contributed by atoms with van der Waals surface area (Å²) in [7, 11) is 0. The molecule has 4 nitrogen and oxygen atoms in total. The van der Waals surface area contributed by atoms with E-state index in [2.05, 4.69) is 17.6 Å². The van der Waals surface area contributed by atoms with Crippen molar-refractivity contribution in [1.29, 1.82) is 0 Å². The van der Waals surface area contributed by atoms with Crippen LogP contribution in [0.4, 0.5) is 0 Å². The van der Waals surface area contributed by atoms with Crippen molar-refractivity contribution in [2.75, 3.05) is 0 Å². The second kappa shape index (κ2) is 10.6. The molecule has 22 heavy (non-hydrogen) atoms. The van der Waals surface area contributed by atoms with Crippen molar-refractivity contribution < 1.29 is 9.59 Å². The Morgan fingerprint density at radius 2 is 1.36 bits per heavy atom. The molecule has 0 aromatic heterocycles. The van der Waals surface area contributed by atoms with E-state index >= 15 is 0 Å². The Bertz CT molecular complexity index is 342. The van der Waals surface area contributed by atoms with Gasteiger partial charge in [-0.05, 0) is 12.3 Å². The predicted molar refractivity (Wildman–Crippen MR) is 90.5 cm³/mol. The number of carbonyl (C=O) groups excluding carboxylic acids is 2. The van der Waals surface area contributed by atoms with Crippen LogP contribution < -0.4 is 10.6 Å². The van der Waals surface area contributed by atoms with Gasteiger partial charge in [-0.15, -0.1) is 0 Å². The predicted octanol–water partition coefficient (Wildman–Crippen LogP) is 3.55. The molecule has 1 fully saturated rings. The highest BCUT2D eigenvalue weighted by Crippen LogP contribution is 2.14. The number of unbranched alkanes of at least 4 members (excludes halogenated alkanes) is 8. The van der Waals surface area contributed by atoms with Gasteiger partial charge in [0, 0.05) is 0 Å². The van der Waals surface area contributed by atoms with Crippen molar-refractivity contribution in [3.63, 3.8) is 0 Å². The Labute approximate surface area is 135 Å². The molecule has 0 saturated carbocycles. The molecule has 0 radical (unpaired) electrons. The fraction of sp³-hybridized carbons (Fsp3) is 0.889. The van der Waals surface area contributed by atoms with Crippen LogP contribution in [0.2, 0.25) is 0 Å². The van der Waals surface area contributed by atoms with E-state index in [-0.39, 0.29) is 29.8 Å². The second-order valence-corrected chi connectivity index (χ2v) is 6.91. The Hall–Kier alpha value is -1.06. The lowest BCUT2D eigenvalue weighted by Crippen LogP contribution is -2.63. The highest BCUT2D eigenvalue weighted by atomic mass is 16.2. The number of hydrogen-bond acceptors (Lipinski definition) is 2. The first kappa shape index (κ1) is 19.0. The molecule has 1 aliphatic heterocycles. The van der Waals surface area contributed by atoms with Crippen molar-refractivity contribution >= 4 is 11.8 Å². The van der Waals surface area contributed by atoms with Crippen LogP contribution in [-0.4, -0.2) is 23.9 Å². The van der Waals surface area contributed by atoms with Gasteiger partial charge in [0.05, 0.1) is 0 Å². The van der Waals surface area contributed by atoms with Gasteiger partial charge in [0.15, 0.2) is 0 Å². The monoisotopic (exact) mass is 310 g/mol. The van der Waals surface area contributed by atoms with Crippen LogP contribution in [0.5, 0.6) is 0 Å². The zero-order chi connectivity index (χ0) is 16.4. The maximum Gasteiger partial charge on any atom is 0.243 e. The number of piperazine rings is 1. The van der Waals surface area contributed by atoms with Crippen LogP contribution in [0.15, 0.2) is 0 Å². The molecule has 1 rings (SSSR count). The van der Waals surface area contributed by atoms with E-state index in [1.165, 1.54) is 44.9 Å². The van der Waals surface area contributed by atoms with E-state index in [4.69, 9.17) is 0 Å². The molecule has 128 valence electrons. The van der Waals surface area contributed by atoms with Gasteiger partial charge in [0.1, 0.15) is 12.1 Å². The average molecular weight is 310 g/mol. The summed E-state index contributed by atoms with van der Waals surface area (Å²) in [4.78, 5) is 23.9. The van der Waals surface area contributed by atoms with Crippen molar-refractivity contribution in [3.05, 3.63) is 0 Å². The van der Waals surface area contributed by atoms with E-state index in [1.54, 1.807) is 0 Å². The molecule has 0 aromatic carbocycles. The van der Waals surface area contributed by atoms with Crippen molar-refractivity contribution in [2.45, 2.75) is 97.1 Å². The number of rotatable bonds is 11. The van der Waals surface area contributed by atoms with Crippen LogP contribution in [0.1, 0.15) is 85.0 Å². The molecule has 0 aromatic rings. The summed E-state index contributed by atoms with van der Waals surface area (Å²) in [6.07, 6.45) is 12.2. The van der Waals surface area contributed by atoms with Gasteiger partial charge in [-0.25, -0.2) is 0 Å². The molecule has 2 N–H and O–H groups in total. The van der Waals surface area contributed by atoms with E-state index < -0.39 is 0 Å². The minimum Gasteiger partial charge on any atom is -0.343 e. The number of nitrogens with one attached hydrogen (secondary N) is 2. The molecule has 0 aliphatic carbocycles. The Morgan fingerprint density at radius 1 is 0.818 bits per heavy atom. The van der Waals surface area contributed by atoms with Crippen molar-refractivity contribution in [1.82, 2.24) is 10.6 Å². The number of amides is 2. The van der Waals surface area contributed by atoms with Gasteiger partial charge in [0.2, 0.25) is 11.8 Å². The third kappa shape index (κ3) is 6.80. The summed E-state index contributed by atoms with van der Waals surface area (Å²) >= 11 is 0. The molecule has 0 bridgehead atoms. The molecular weight excluding hydrogens is 276 g/mol. The molecular formula is C18H34N2O2. The Balaban J connectivity index is 2.08. The van der Waals surface area contributed by atoms with E-state index in [9.17, 15) is 9.59 Å². The highest BCUT2D eigenvalue weighted by molar-refractivity contribution is 5.97. The second-order valence-electron chi connectivity index (χ2n) is 6.91. The number of hydrogen-bond donors (Lipinski definition) is 2. The highest BCUT2D eigenvalue weighted by Gasteiger charge is 2.34. The average Bonchev–Trinajstić information content (AvgIpc) is 2.48. The van der Waals surface area contributed by atoms with E-state index in [0.29, 0.717) is 0 Å². The summed E-state index contributed by atoms with van der Waals surface area (Å²) in [6, 6.07) is -0.695. The van der Waals surface area contributed by atoms with Gasteiger partial charge >= 0.3 is 0 Å². The maximum atomic E-state index is 12.0. The fourth-order valence-corrected chi connectivity index (χ4v) is 2.98. The lowest BCUT2D eigenvalue weighted by atomic mass is 9.97. The summed E-state index contributed by atoms with van der Waals surface area (Å²) in [5, 5.41) is 5.72. The van der Waals surface area contributed by atoms with Crippen LogP contribution in [0, 0.1) is 5.92 Å². The fourth-order valence-electron chi connectivity index (χ4n) is 2.98. The third-order valence-electron chi connectivity index (χ3n) is 4.48. The Morgan fingerprint density at radius 3 is 1.91 bits per heavy atom. The molecule has 0 spiro atoms. The van der Waals surface area contributed by atoms with E-state index in [1.807, 2.05) is 13.8 Å². The standard InChI is InChI=1S/C18H34N2O2/c1-4-5-6-7-8-9-10-11-12-13-15-17(21)20-16(14(2)3)18(22)19-15/h14-16H,4-13H2,1-3H3,(H,19,22)(H,20,21)/t15-,16+/m1/s1. The summed E-state index contributed by atoms with van der Waals surface area (Å²) < 4.78 is 0. The molecule has 4 heteroatoms. The van der Waals surface area contributed by atoms with Crippen LogP contribution >= 0.6 is 0 Å². The first-order valence-electron chi connectivity index (χ1n) is 9.17. The topological polar surface area (TPSA) is 58.2 Å². The largest absolute Gasteiger partial charge is 0.343 e. The first-order valence-corrected chi connectivity index (χ1v) is 9.17. The Kier molecular flexibility index (Phi) is 9.17. The zero-order valence-corrected chi connectivity index (χ0v) is 14.6.